The third kappa shape index (κ3) is 3.14. The summed E-state index contributed by atoms with van der Waals surface area (Å²) < 4.78 is 11.2. The van der Waals surface area contributed by atoms with E-state index < -0.39 is 0 Å². The molecule has 0 bridgehead atoms. The molecule has 90 valence electrons. The number of benzene rings is 1. The van der Waals surface area contributed by atoms with Crippen LogP contribution in [0.1, 0.15) is 39.3 Å². The van der Waals surface area contributed by atoms with E-state index in [4.69, 9.17) is 15.2 Å². The van der Waals surface area contributed by atoms with Gasteiger partial charge in [0.25, 0.3) is 0 Å². The van der Waals surface area contributed by atoms with Crippen LogP contribution < -0.4 is 15.2 Å². The molecule has 0 saturated heterocycles. The van der Waals surface area contributed by atoms with Crippen LogP contribution >= 0.6 is 0 Å². The Balaban J connectivity index is 3.17. The molecule has 1 rings (SSSR count). The van der Waals surface area contributed by atoms with Gasteiger partial charge in [0.05, 0.1) is 12.7 Å². The van der Waals surface area contributed by atoms with Gasteiger partial charge in [-0.05, 0) is 39.8 Å². The van der Waals surface area contributed by atoms with Gasteiger partial charge in [-0.2, -0.15) is 0 Å². The Morgan fingerprint density at radius 1 is 1.19 bits per heavy atom. The molecule has 0 unspecified atom stereocenters. The fourth-order valence-electron chi connectivity index (χ4n) is 1.57. The summed E-state index contributed by atoms with van der Waals surface area (Å²) in [6, 6.07) is 5.61. The molecule has 16 heavy (non-hydrogen) atoms. The number of ether oxygens (including phenoxy) is 2. The zero-order valence-corrected chi connectivity index (χ0v) is 10.7. The van der Waals surface area contributed by atoms with Crippen molar-refractivity contribution in [2.75, 3.05) is 7.11 Å². The molecule has 0 fully saturated rings. The number of rotatable bonds is 3. The Morgan fingerprint density at radius 2 is 1.75 bits per heavy atom. The van der Waals surface area contributed by atoms with Crippen LogP contribution in [-0.2, 0) is 0 Å². The van der Waals surface area contributed by atoms with Gasteiger partial charge in [0.1, 0.15) is 17.1 Å². The van der Waals surface area contributed by atoms with E-state index >= 15 is 0 Å². The van der Waals surface area contributed by atoms with E-state index in [-0.39, 0.29) is 11.6 Å². The van der Waals surface area contributed by atoms with Crippen LogP contribution in [0.4, 0.5) is 0 Å². The van der Waals surface area contributed by atoms with Gasteiger partial charge in [-0.1, -0.05) is 6.07 Å². The maximum atomic E-state index is 5.95. The number of hydrogen-bond donors (Lipinski definition) is 1. The molecule has 2 N–H and O–H groups in total. The van der Waals surface area contributed by atoms with Gasteiger partial charge in [-0.15, -0.1) is 0 Å². The van der Waals surface area contributed by atoms with Crippen molar-refractivity contribution in [2.45, 2.75) is 39.3 Å². The monoisotopic (exact) mass is 223 g/mol. The normalized spacial score (nSPS) is 13.4. The standard InChI is InChI=1S/C13H21NO2/c1-9(14)12-10(15-5)7-6-8-11(12)16-13(2,3)4/h6-9H,14H2,1-5H3/t9-/m1/s1. The zero-order chi connectivity index (χ0) is 12.3. The van der Waals surface area contributed by atoms with E-state index in [0.717, 1.165) is 17.1 Å². The van der Waals surface area contributed by atoms with Gasteiger partial charge < -0.3 is 15.2 Å². The van der Waals surface area contributed by atoms with Crippen LogP contribution in [-0.4, -0.2) is 12.7 Å². The first-order chi connectivity index (χ1) is 7.35. The third-order valence-corrected chi connectivity index (χ3v) is 2.12. The highest BCUT2D eigenvalue weighted by atomic mass is 16.5. The number of methoxy groups -OCH3 is 1. The van der Waals surface area contributed by atoms with E-state index in [2.05, 4.69) is 0 Å². The average Bonchev–Trinajstić information content (AvgIpc) is 2.14. The Morgan fingerprint density at radius 3 is 2.19 bits per heavy atom. The van der Waals surface area contributed by atoms with Crippen molar-refractivity contribution in [2.24, 2.45) is 5.73 Å². The summed E-state index contributed by atoms with van der Waals surface area (Å²) in [6.07, 6.45) is 0. The largest absolute Gasteiger partial charge is 0.496 e. The molecule has 0 spiro atoms. The molecule has 0 aliphatic carbocycles. The Labute approximate surface area is 97.6 Å². The van der Waals surface area contributed by atoms with Crippen molar-refractivity contribution in [1.82, 2.24) is 0 Å². The number of nitrogens with two attached hydrogens (primary N) is 1. The molecular formula is C13H21NO2. The summed E-state index contributed by atoms with van der Waals surface area (Å²) in [5, 5.41) is 0. The lowest BCUT2D eigenvalue weighted by Crippen LogP contribution is -2.24. The van der Waals surface area contributed by atoms with Crippen molar-refractivity contribution < 1.29 is 9.47 Å². The van der Waals surface area contributed by atoms with Crippen LogP contribution in [0, 0.1) is 0 Å². The number of hydrogen-bond acceptors (Lipinski definition) is 3. The fraction of sp³-hybridized carbons (Fsp3) is 0.538. The van der Waals surface area contributed by atoms with E-state index in [9.17, 15) is 0 Å². The molecule has 1 aromatic carbocycles. The van der Waals surface area contributed by atoms with Crippen molar-refractivity contribution in [1.29, 1.82) is 0 Å². The van der Waals surface area contributed by atoms with Crippen molar-refractivity contribution in [3.05, 3.63) is 23.8 Å². The lowest BCUT2D eigenvalue weighted by molar-refractivity contribution is 0.128. The quantitative estimate of drug-likeness (QED) is 0.857. The summed E-state index contributed by atoms with van der Waals surface area (Å²) in [7, 11) is 1.64. The molecule has 0 aliphatic heterocycles. The van der Waals surface area contributed by atoms with Crippen LogP contribution in [0.3, 0.4) is 0 Å². The first-order valence-corrected chi connectivity index (χ1v) is 5.46. The topological polar surface area (TPSA) is 44.5 Å². The summed E-state index contributed by atoms with van der Waals surface area (Å²) >= 11 is 0. The molecule has 1 atom stereocenters. The van der Waals surface area contributed by atoms with Gasteiger partial charge in [-0.3, -0.25) is 0 Å². The van der Waals surface area contributed by atoms with Crippen molar-refractivity contribution in [3.63, 3.8) is 0 Å². The van der Waals surface area contributed by atoms with Crippen molar-refractivity contribution >= 4 is 0 Å². The summed E-state index contributed by atoms with van der Waals surface area (Å²) in [4.78, 5) is 0. The molecular weight excluding hydrogens is 202 g/mol. The van der Waals surface area contributed by atoms with E-state index in [1.807, 2.05) is 45.9 Å². The highest BCUT2D eigenvalue weighted by Crippen LogP contribution is 2.34. The first kappa shape index (κ1) is 12.8. The SMILES string of the molecule is COc1cccc(OC(C)(C)C)c1[C@@H](C)N. The molecule has 0 heterocycles. The molecule has 0 saturated carbocycles. The zero-order valence-electron chi connectivity index (χ0n) is 10.7. The van der Waals surface area contributed by atoms with Crippen LogP contribution in [0.25, 0.3) is 0 Å². The Bertz CT molecular complexity index is 353. The summed E-state index contributed by atoms with van der Waals surface area (Å²) in [6.45, 7) is 7.96. The second-order valence-corrected chi connectivity index (χ2v) is 4.88. The minimum absolute atomic E-state index is 0.117. The minimum Gasteiger partial charge on any atom is -0.496 e. The smallest absolute Gasteiger partial charge is 0.128 e. The molecule has 0 aromatic heterocycles. The second-order valence-electron chi connectivity index (χ2n) is 4.88. The van der Waals surface area contributed by atoms with Gasteiger partial charge >= 0.3 is 0 Å². The third-order valence-electron chi connectivity index (χ3n) is 2.12. The lowest BCUT2D eigenvalue weighted by Gasteiger charge is -2.25. The maximum Gasteiger partial charge on any atom is 0.128 e. The van der Waals surface area contributed by atoms with E-state index in [1.165, 1.54) is 0 Å². The molecule has 0 aliphatic rings. The van der Waals surface area contributed by atoms with E-state index in [0.29, 0.717) is 0 Å². The van der Waals surface area contributed by atoms with Crippen LogP contribution in [0.15, 0.2) is 18.2 Å². The molecule has 0 radical (unpaired) electrons. The molecule has 3 heteroatoms. The van der Waals surface area contributed by atoms with Crippen LogP contribution in [0.5, 0.6) is 11.5 Å². The van der Waals surface area contributed by atoms with Gasteiger partial charge in [0, 0.05) is 6.04 Å². The molecule has 3 nitrogen and oxygen atoms in total. The van der Waals surface area contributed by atoms with Gasteiger partial charge in [0.2, 0.25) is 0 Å². The lowest BCUT2D eigenvalue weighted by atomic mass is 10.1. The highest BCUT2D eigenvalue weighted by molar-refractivity contribution is 5.46. The Kier molecular flexibility index (Phi) is 3.81. The first-order valence-electron chi connectivity index (χ1n) is 5.46. The fourth-order valence-corrected chi connectivity index (χ4v) is 1.57. The predicted molar refractivity (Wildman–Crippen MR) is 66.0 cm³/mol. The van der Waals surface area contributed by atoms with Crippen LogP contribution in [0.2, 0.25) is 0 Å². The predicted octanol–water partition coefficient (Wildman–Crippen LogP) is 2.89. The summed E-state index contributed by atoms with van der Waals surface area (Å²) in [5.41, 5.74) is 6.63. The highest BCUT2D eigenvalue weighted by Gasteiger charge is 2.19. The molecule has 1 aromatic rings. The second kappa shape index (κ2) is 4.74. The van der Waals surface area contributed by atoms with E-state index in [1.54, 1.807) is 7.11 Å². The minimum atomic E-state index is -0.240. The maximum absolute atomic E-state index is 5.95. The molecule has 0 amide bonds. The Hall–Kier alpha value is -1.22. The average molecular weight is 223 g/mol. The van der Waals surface area contributed by atoms with Gasteiger partial charge in [0.15, 0.2) is 0 Å². The van der Waals surface area contributed by atoms with Gasteiger partial charge in [-0.25, -0.2) is 0 Å². The van der Waals surface area contributed by atoms with Crippen molar-refractivity contribution in [3.8, 4) is 11.5 Å². The summed E-state index contributed by atoms with van der Waals surface area (Å²) in [5.74, 6) is 1.57.